The van der Waals surface area contributed by atoms with Crippen LogP contribution in [0.4, 0.5) is 4.39 Å². The quantitative estimate of drug-likeness (QED) is 0.249. The molecule has 3 N–H and O–H groups in total. The third-order valence-corrected chi connectivity index (χ3v) is 11.1. The normalized spacial score (nSPS) is 20.1. The summed E-state index contributed by atoms with van der Waals surface area (Å²) in [6.45, 7) is 3.15. The highest BCUT2D eigenvalue weighted by atomic mass is 32.2. The maximum Gasteiger partial charge on any atom is 0.306 e. The van der Waals surface area contributed by atoms with E-state index >= 15 is 0 Å². The second-order valence-electron chi connectivity index (χ2n) is 12.0. The van der Waals surface area contributed by atoms with E-state index in [1.807, 2.05) is 12.1 Å². The number of carbonyl (C=O) groups excluding carboxylic acids is 1. The van der Waals surface area contributed by atoms with Crippen molar-refractivity contribution < 1.29 is 27.5 Å². The van der Waals surface area contributed by atoms with Crippen LogP contribution in [0.5, 0.6) is 0 Å². The smallest absolute Gasteiger partial charge is 0.306 e. The number of aromatic nitrogens is 1. The molecule has 1 amide bonds. The molecular weight excluding hydrogens is 577 g/mol. The Hall–Kier alpha value is -3.15. The van der Waals surface area contributed by atoms with Crippen LogP contribution in [0.15, 0.2) is 53.7 Å². The Bertz CT molecular complexity index is 1620. The number of benzene rings is 2. The zero-order valence-electron chi connectivity index (χ0n) is 23.7. The number of halogens is 1. The minimum Gasteiger partial charge on any atom is -0.481 e. The average Bonchev–Trinajstić information content (AvgIpc) is 3.32. The van der Waals surface area contributed by atoms with Gasteiger partial charge in [0.05, 0.1) is 27.7 Å². The molecule has 2 aliphatic rings. The fourth-order valence-corrected chi connectivity index (χ4v) is 8.56. The predicted octanol–water partition coefficient (Wildman–Crippen LogP) is 6.22. The molecule has 0 radical (unpaired) electrons. The fourth-order valence-electron chi connectivity index (χ4n) is 5.94. The Balaban J connectivity index is 1.53. The van der Waals surface area contributed by atoms with Gasteiger partial charge in [-0.1, -0.05) is 62.4 Å². The van der Waals surface area contributed by atoms with Gasteiger partial charge in [0.25, 0.3) is 5.91 Å². The van der Waals surface area contributed by atoms with Gasteiger partial charge in [0.15, 0.2) is 5.01 Å². The van der Waals surface area contributed by atoms with Crippen molar-refractivity contribution in [3.05, 3.63) is 59.5 Å². The molecule has 3 aromatic rings. The van der Waals surface area contributed by atoms with E-state index < -0.39 is 27.4 Å². The van der Waals surface area contributed by atoms with Crippen LogP contribution >= 0.6 is 11.3 Å². The van der Waals surface area contributed by atoms with Crippen molar-refractivity contribution in [2.75, 3.05) is 0 Å². The van der Waals surface area contributed by atoms with Gasteiger partial charge in [0.1, 0.15) is 0 Å². The van der Waals surface area contributed by atoms with E-state index in [4.69, 9.17) is 4.98 Å². The Morgan fingerprint density at radius 3 is 2.45 bits per heavy atom. The maximum absolute atomic E-state index is 13.4. The molecule has 2 saturated carbocycles. The Labute approximate surface area is 249 Å². The standard InChI is InChI=1S/C31H36FN3O5S2/c1-31(2,14-15-32)35-42(39,40)26-13-12-24(22-10-6-7-11-23(22)26)27-25(16-19-8-4-3-5-9-19)34-29(41-27)28(36)33-21-17-20(18-21)30(37)38/h6-7,10-15,19-21,35H,3-5,8-9,16-18H2,1-2H3,(H,33,36)(H,37,38). The molecule has 0 unspecified atom stereocenters. The van der Waals surface area contributed by atoms with E-state index in [2.05, 4.69) is 10.0 Å². The first-order valence-corrected chi connectivity index (χ1v) is 16.6. The lowest BCUT2D eigenvalue weighted by atomic mass is 9.80. The number of aliphatic carboxylic acids is 1. The van der Waals surface area contributed by atoms with Gasteiger partial charge in [-0.25, -0.2) is 22.5 Å². The Kier molecular flexibility index (Phi) is 8.82. The molecule has 42 heavy (non-hydrogen) atoms. The van der Waals surface area contributed by atoms with Crippen molar-refractivity contribution in [3.8, 4) is 10.4 Å². The van der Waals surface area contributed by atoms with Crippen LogP contribution in [0.25, 0.3) is 21.2 Å². The minimum absolute atomic E-state index is 0.0801. The zero-order chi connectivity index (χ0) is 30.1. The van der Waals surface area contributed by atoms with Crippen LogP contribution in [0.2, 0.25) is 0 Å². The van der Waals surface area contributed by atoms with Crippen LogP contribution in [-0.4, -0.2) is 42.0 Å². The number of rotatable bonds is 10. The SMILES string of the molecule is CC(C)(C=CF)NS(=O)(=O)c1ccc(-c2sc(C(=O)NC3CC(C(=O)O)C3)nc2CC2CCCCC2)c2ccccc12. The number of nitrogens with one attached hydrogen (secondary N) is 2. The van der Waals surface area contributed by atoms with Gasteiger partial charge in [0.2, 0.25) is 10.0 Å². The first-order valence-electron chi connectivity index (χ1n) is 14.3. The molecule has 2 aromatic carbocycles. The summed E-state index contributed by atoms with van der Waals surface area (Å²) < 4.78 is 42.4. The van der Waals surface area contributed by atoms with Crippen LogP contribution in [0.1, 0.15) is 74.3 Å². The lowest BCUT2D eigenvalue weighted by molar-refractivity contribution is -0.145. The summed E-state index contributed by atoms with van der Waals surface area (Å²) in [7, 11) is -4.01. The highest BCUT2D eigenvalue weighted by Gasteiger charge is 2.36. The number of fused-ring (bicyclic) bond motifs is 1. The summed E-state index contributed by atoms with van der Waals surface area (Å²) in [4.78, 5) is 30.1. The van der Waals surface area contributed by atoms with Gasteiger partial charge in [-0.2, -0.15) is 0 Å². The van der Waals surface area contributed by atoms with Crippen molar-refractivity contribution in [3.63, 3.8) is 0 Å². The van der Waals surface area contributed by atoms with E-state index in [0.717, 1.165) is 41.5 Å². The molecule has 5 rings (SSSR count). The summed E-state index contributed by atoms with van der Waals surface area (Å²) in [5.74, 6) is -1.14. The van der Waals surface area contributed by atoms with Crippen LogP contribution in [0, 0.1) is 11.8 Å². The molecule has 0 atom stereocenters. The number of amides is 1. The first kappa shape index (κ1) is 30.3. The summed E-state index contributed by atoms with van der Waals surface area (Å²) in [6.07, 6.45) is 8.76. The van der Waals surface area contributed by atoms with Gasteiger partial charge in [-0.15, -0.1) is 11.3 Å². The average molecular weight is 614 g/mol. The maximum atomic E-state index is 13.4. The predicted molar refractivity (Wildman–Crippen MR) is 162 cm³/mol. The number of carboxylic acids is 1. The third kappa shape index (κ3) is 6.58. The van der Waals surface area contributed by atoms with Gasteiger partial charge >= 0.3 is 5.97 Å². The van der Waals surface area contributed by atoms with Crippen molar-refractivity contribution in [1.29, 1.82) is 0 Å². The number of carbonyl (C=O) groups is 2. The second-order valence-corrected chi connectivity index (χ2v) is 14.6. The van der Waals surface area contributed by atoms with Gasteiger partial charge in [-0.05, 0) is 56.6 Å². The molecule has 0 saturated heterocycles. The molecule has 0 aliphatic heterocycles. The monoisotopic (exact) mass is 613 g/mol. The molecule has 224 valence electrons. The van der Waals surface area contributed by atoms with Crippen LogP contribution in [-0.2, 0) is 21.2 Å². The Morgan fingerprint density at radius 1 is 1.10 bits per heavy atom. The van der Waals surface area contributed by atoms with Crippen molar-refractivity contribution in [2.45, 2.75) is 81.7 Å². The molecule has 0 spiro atoms. The Morgan fingerprint density at radius 2 is 1.79 bits per heavy atom. The number of nitrogens with zero attached hydrogens (tertiary/aromatic N) is 1. The summed E-state index contributed by atoms with van der Waals surface area (Å²) in [6, 6.07) is 10.3. The molecule has 2 fully saturated rings. The van der Waals surface area contributed by atoms with Crippen molar-refractivity contribution in [2.24, 2.45) is 11.8 Å². The van der Waals surface area contributed by atoms with E-state index in [1.54, 1.807) is 38.1 Å². The fraction of sp³-hybridized carbons (Fsp3) is 0.452. The van der Waals surface area contributed by atoms with Gasteiger partial charge < -0.3 is 10.4 Å². The molecular formula is C31H36FN3O5S2. The highest BCUT2D eigenvalue weighted by Crippen LogP contribution is 2.40. The summed E-state index contributed by atoms with van der Waals surface area (Å²) in [5, 5.41) is 13.7. The number of sulfonamides is 1. The van der Waals surface area contributed by atoms with E-state index in [1.165, 1.54) is 30.6 Å². The summed E-state index contributed by atoms with van der Waals surface area (Å²) in [5.41, 5.74) is 0.484. The van der Waals surface area contributed by atoms with Gasteiger partial charge in [-0.3, -0.25) is 9.59 Å². The van der Waals surface area contributed by atoms with E-state index in [-0.39, 0.29) is 16.8 Å². The lowest BCUT2D eigenvalue weighted by Gasteiger charge is -2.32. The van der Waals surface area contributed by atoms with Crippen LogP contribution < -0.4 is 10.0 Å². The second kappa shape index (κ2) is 12.2. The van der Waals surface area contributed by atoms with E-state index in [9.17, 15) is 27.5 Å². The number of hydrogen-bond donors (Lipinski definition) is 3. The lowest BCUT2D eigenvalue weighted by Crippen LogP contribution is -2.46. The van der Waals surface area contributed by atoms with Crippen molar-refractivity contribution in [1.82, 2.24) is 15.0 Å². The number of hydrogen-bond acceptors (Lipinski definition) is 6. The zero-order valence-corrected chi connectivity index (χ0v) is 25.4. The molecule has 1 heterocycles. The number of carboxylic acid groups (broad SMARTS) is 1. The van der Waals surface area contributed by atoms with E-state index in [0.29, 0.717) is 40.9 Å². The molecule has 11 heteroatoms. The van der Waals surface area contributed by atoms with Crippen molar-refractivity contribution >= 4 is 44.0 Å². The first-order chi connectivity index (χ1) is 20.0. The third-order valence-electron chi connectivity index (χ3n) is 8.22. The molecule has 2 aliphatic carbocycles. The largest absolute Gasteiger partial charge is 0.481 e. The number of thiazole rings is 1. The minimum atomic E-state index is -4.01. The van der Waals surface area contributed by atoms with Gasteiger partial charge in [0, 0.05) is 22.5 Å². The molecule has 8 nitrogen and oxygen atoms in total. The summed E-state index contributed by atoms with van der Waals surface area (Å²) >= 11 is 1.28. The molecule has 0 bridgehead atoms. The topological polar surface area (TPSA) is 125 Å². The van der Waals surface area contributed by atoms with Crippen LogP contribution in [0.3, 0.4) is 0 Å². The molecule has 1 aromatic heterocycles. The highest BCUT2D eigenvalue weighted by molar-refractivity contribution is 7.89.